The lowest BCUT2D eigenvalue weighted by Crippen LogP contribution is -2.46. The predicted octanol–water partition coefficient (Wildman–Crippen LogP) is 0.508. The minimum absolute atomic E-state index is 0.0889. The Bertz CT molecular complexity index is 511. The summed E-state index contributed by atoms with van der Waals surface area (Å²) in [6, 6.07) is -0.496. The summed E-state index contributed by atoms with van der Waals surface area (Å²) in [6.07, 6.45) is 4.06. The first-order valence-corrected chi connectivity index (χ1v) is 9.04. The molecule has 2 rings (SSSR count). The van der Waals surface area contributed by atoms with E-state index in [4.69, 9.17) is 0 Å². The van der Waals surface area contributed by atoms with E-state index < -0.39 is 32.5 Å². The number of amides is 2. The molecule has 1 aliphatic carbocycles. The number of carbonyl (C=O) groups is 2. The SMILES string of the molecule is O=C(NCC1CCCS1(=O)=O)NCC1(C(=O)O)CCCC1. The monoisotopic (exact) mass is 318 g/mol. The number of nitrogens with one attached hydrogen (secondary N) is 2. The maximum atomic E-state index is 11.7. The highest BCUT2D eigenvalue weighted by Crippen LogP contribution is 2.37. The molecule has 1 saturated carbocycles. The molecule has 0 aromatic rings. The van der Waals surface area contributed by atoms with Crippen molar-refractivity contribution in [2.24, 2.45) is 5.41 Å². The first kappa shape index (κ1) is 16.1. The normalized spacial score (nSPS) is 26.4. The highest BCUT2D eigenvalue weighted by Gasteiger charge is 2.41. The zero-order chi connectivity index (χ0) is 15.5. The number of aliphatic carboxylic acids is 1. The first-order valence-electron chi connectivity index (χ1n) is 7.32. The van der Waals surface area contributed by atoms with Gasteiger partial charge in [-0.2, -0.15) is 0 Å². The van der Waals surface area contributed by atoms with Gasteiger partial charge in [0, 0.05) is 13.1 Å². The van der Waals surface area contributed by atoms with Gasteiger partial charge in [-0.25, -0.2) is 13.2 Å². The second-order valence-electron chi connectivity index (χ2n) is 5.99. The maximum absolute atomic E-state index is 11.7. The summed E-state index contributed by atoms with van der Waals surface area (Å²) in [6.45, 7) is 0.180. The van der Waals surface area contributed by atoms with E-state index in [-0.39, 0.29) is 18.8 Å². The van der Waals surface area contributed by atoms with Crippen LogP contribution in [0.25, 0.3) is 0 Å². The minimum Gasteiger partial charge on any atom is -0.481 e. The van der Waals surface area contributed by atoms with Gasteiger partial charge in [-0.1, -0.05) is 12.8 Å². The molecule has 2 amide bonds. The molecule has 8 heteroatoms. The molecule has 3 N–H and O–H groups in total. The van der Waals surface area contributed by atoms with Crippen molar-refractivity contribution >= 4 is 21.8 Å². The van der Waals surface area contributed by atoms with Gasteiger partial charge in [-0.15, -0.1) is 0 Å². The van der Waals surface area contributed by atoms with Gasteiger partial charge in [-0.05, 0) is 25.7 Å². The van der Waals surface area contributed by atoms with Crippen molar-refractivity contribution < 1.29 is 23.1 Å². The van der Waals surface area contributed by atoms with E-state index in [0.29, 0.717) is 25.7 Å². The van der Waals surface area contributed by atoms with E-state index in [1.54, 1.807) is 0 Å². The van der Waals surface area contributed by atoms with Crippen molar-refractivity contribution in [1.82, 2.24) is 10.6 Å². The Morgan fingerprint density at radius 2 is 1.81 bits per heavy atom. The van der Waals surface area contributed by atoms with Gasteiger partial charge in [0.25, 0.3) is 0 Å². The number of carbonyl (C=O) groups excluding carboxylic acids is 1. The molecule has 0 spiro atoms. The van der Waals surface area contributed by atoms with Gasteiger partial charge in [0.2, 0.25) is 0 Å². The number of rotatable bonds is 5. The molecule has 2 fully saturated rings. The van der Waals surface area contributed by atoms with Gasteiger partial charge in [0.1, 0.15) is 0 Å². The number of carboxylic acid groups (broad SMARTS) is 1. The maximum Gasteiger partial charge on any atom is 0.314 e. The van der Waals surface area contributed by atoms with Gasteiger partial charge >= 0.3 is 12.0 Å². The third-order valence-corrected chi connectivity index (χ3v) is 6.83. The summed E-state index contributed by atoms with van der Waals surface area (Å²) in [5, 5.41) is 13.9. The van der Waals surface area contributed by atoms with Crippen LogP contribution in [0.15, 0.2) is 0 Å². The molecule has 7 nitrogen and oxygen atoms in total. The molecule has 1 heterocycles. The van der Waals surface area contributed by atoms with Crippen molar-refractivity contribution in [3.63, 3.8) is 0 Å². The van der Waals surface area contributed by atoms with Crippen LogP contribution in [0.5, 0.6) is 0 Å². The second-order valence-corrected chi connectivity index (χ2v) is 8.39. The lowest BCUT2D eigenvalue weighted by Gasteiger charge is -2.24. The molecular weight excluding hydrogens is 296 g/mol. The van der Waals surface area contributed by atoms with Gasteiger partial charge in [0.05, 0.1) is 16.4 Å². The van der Waals surface area contributed by atoms with Crippen molar-refractivity contribution in [1.29, 1.82) is 0 Å². The molecule has 0 radical (unpaired) electrons. The minimum atomic E-state index is -3.08. The summed E-state index contributed by atoms with van der Waals surface area (Å²) < 4.78 is 23.3. The van der Waals surface area contributed by atoms with E-state index in [1.807, 2.05) is 0 Å². The van der Waals surface area contributed by atoms with Crippen molar-refractivity contribution in [3.8, 4) is 0 Å². The first-order chi connectivity index (χ1) is 9.86. The number of sulfone groups is 1. The molecule has 1 aliphatic heterocycles. The molecule has 1 atom stereocenters. The van der Waals surface area contributed by atoms with Crippen LogP contribution in [0.4, 0.5) is 4.79 Å². The Kier molecular flexibility index (Phi) is 4.75. The Balaban J connectivity index is 1.78. The highest BCUT2D eigenvalue weighted by atomic mass is 32.2. The molecule has 2 aliphatic rings. The number of hydrogen-bond donors (Lipinski definition) is 3. The van der Waals surface area contributed by atoms with E-state index in [0.717, 1.165) is 12.8 Å². The van der Waals surface area contributed by atoms with Gasteiger partial charge in [-0.3, -0.25) is 4.79 Å². The summed E-state index contributed by atoms with van der Waals surface area (Å²) in [5.41, 5.74) is -0.864. The molecule has 1 saturated heterocycles. The molecule has 0 aromatic carbocycles. The Morgan fingerprint density at radius 3 is 2.33 bits per heavy atom. The second kappa shape index (κ2) is 6.21. The zero-order valence-electron chi connectivity index (χ0n) is 11.9. The van der Waals surface area contributed by atoms with E-state index in [9.17, 15) is 23.1 Å². The summed E-state index contributed by atoms with van der Waals surface area (Å²) in [7, 11) is -3.08. The van der Waals surface area contributed by atoms with E-state index in [2.05, 4.69) is 10.6 Å². The Labute approximate surface area is 124 Å². The van der Waals surface area contributed by atoms with Crippen LogP contribution < -0.4 is 10.6 Å². The largest absolute Gasteiger partial charge is 0.481 e. The third-order valence-electron chi connectivity index (χ3n) is 4.55. The fourth-order valence-corrected chi connectivity index (χ4v) is 4.89. The van der Waals surface area contributed by atoms with Gasteiger partial charge < -0.3 is 15.7 Å². The fraction of sp³-hybridized carbons (Fsp3) is 0.846. The van der Waals surface area contributed by atoms with Crippen molar-refractivity contribution in [3.05, 3.63) is 0 Å². The summed E-state index contributed by atoms with van der Waals surface area (Å²) in [5.74, 6) is -0.693. The Morgan fingerprint density at radius 1 is 1.14 bits per heavy atom. The van der Waals surface area contributed by atoms with Gasteiger partial charge in [0.15, 0.2) is 9.84 Å². The van der Waals surface area contributed by atoms with Crippen LogP contribution in [0.3, 0.4) is 0 Å². The average Bonchev–Trinajstić information content (AvgIpc) is 3.01. The molecule has 0 bridgehead atoms. The molecule has 21 heavy (non-hydrogen) atoms. The quantitative estimate of drug-likeness (QED) is 0.683. The molecule has 1 unspecified atom stereocenters. The fourth-order valence-electron chi connectivity index (χ4n) is 3.12. The summed E-state index contributed by atoms with van der Waals surface area (Å²) in [4.78, 5) is 23.1. The molecule has 0 aromatic heterocycles. The van der Waals surface area contributed by atoms with Crippen LogP contribution >= 0.6 is 0 Å². The number of carboxylic acids is 1. The number of urea groups is 1. The van der Waals surface area contributed by atoms with Crippen molar-refractivity contribution in [2.75, 3.05) is 18.8 Å². The van der Waals surface area contributed by atoms with Crippen LogP contribution in [0.1, 0.15) is 38.5 Å². The Hall–Kier alpha value is -1.31. The number of hydrogen-bond acceptors (Lipinski definition) is 4. The van der Waals surface area contributed by atoms with E-state index >= 15 is 0 Å². The van der Waals surface area contributed by atoms with Crippen LogP contribution in [-0.4, -0.2) is 49.6 Å². The lowest BCUT2D eigenvalue weighted by molar-refractivity contribution is -0.148. The van der Waals surface area contributed by atoms with Crippen LogP contribution in [-0.2, 0) is 14.6 Å². The highest BCUT2D eigenvalue weighted by molar-refractivity contribution is 7.92. The van der Waals surface area contributed by atoms with Crippen LogP contribution in [0, 0.1) is 5.41 Å². The average molecular weight is 318 g/mol. The molecular formula is C13H22N2O5S. The van der Waals surface area contributed by atoms with Crippen LogP contribution in [0.2, 0.25) is 0 Å². The summed E-state index contributed by atoms with van der Waals surface area (Å²) >= 11 is 0. The molecule has 120 valence electrons. The zero-order valence-corrected chi connectivity index (χ0v) is 12.7. The third kappa shape index (κ3) is 3.66. The van der Waals surface area contributed by atoms with E-state index in [1.165, 1.54) is 0 Å². The predicted molar refractivity (Wildman–Crippen MR) is 76.7 cm³/mol. The topological polar surface area (TPSA) is 113 Å². The standard InChI is InChI=1S/C13H22N2O5S/c16-11(17)13(5-1-2-6-13)9-15-12(18)14-8-10-4-3-7-21(10,19)20/h10H,1-9H2,(H,16,17)(H2,14,15,18). The smallest absolute Gasteiger partial charge is 0.314 e. The lowest BCUT2D eigenvalue weighted by atomic mass is 9.86. The van der Waals surface area contributed by atoms with Crippen molar-refractivity contribution in [2.45, 2.75) is 43.8 Å².